The quantitative estimate of drug-likeness (QED) is 0.784. The Morgan fingerprint density at radius 2 is 1.92 bits per heavy atom. The fourth-order valence-electron chi connectivity index (χ4n) is 2.99. The maximum Gasteiger partial charge on any atom is 0.436 e. The standard InChI is InChI=1S/C19H22N2O3S/c1-3-24-19(23)20-18-21(15-6-4-5-7-17(15)25-18)12-16(22)14-10-8-13(2)9-11-14/h8-11H,3-7,12H2,1-2H3/b20-18-. The van der Waals surface area contributed by atoms with Gasteiger partial charge >= 0.3 is 6.09 Å². The predicted octanol–water partition coefficient (Wildman–Crippen LogP) is 3.68. The average molecular weight is 358 g/mol. The zero-order chi connectivity index (χ0) is 17.8. The summed E-state index contributed by atoms with van der Waals surface area (Å²) in [6.45, 7) is 4.24. The number of benzene rings is 1. The molecule has 0 atom stereocenters. The molecule has 0 bridgehead atoms. The zero-order valence-electron chi connectivity index (χ0n) is 14.6. The molecule has 0 aliphatic heterocycles. The van der Waals surface area contributed by atoms with Crippen LogP contribution in [0.2, 0.25) is 0 Å². The van der Waals surface area contributed by atoms with E-state index in [4.69, 9.17) is 4.74 Å². The molecule has 0 N–H and O–H groups in total. The van der Waals surface area contributed by atoms with Crippen LogP contribution in [0.3, 0.4) is 0 Å². The second-order valence-electron chi connectivity index (χ2n) is 6.15. The van der Waals surface area contributed by atoms with E-state index < -0.39 is 6.09 Å². The number of hydrogen-bond acceptors (Lipinski definition) is 4. The molecule has 0 radical (unpaired) electrons. The van der Waals surface area contributed by atoms with E-state index in [1.807, 2.05) is 35.8 Å². The predicted molar refractivity (Wildman–Crippen MR) is 97.0 cm³/mol. The first-order chi connectivity index (χ1) is 12.1. The first-order valence-corrected chi connectivity index (χ1v) is 9.43. The van der Waals surface area contributed by atoms with Crippen LogP contribution in [0.1, 0.15) is 46.3 Å². The maximum absolute atomic E-state index is 12.7. The molecular formula is C19H22N2O3S. The SMILES string of the molecule is CCOC(=O)/N=c1\sc2c(n1CC(=O)c1ccc(C)cc1)CCCC2. The smallest absolute Gasteiger partial charge is 0.436 e. The third kappa shape index (κ3) is 4.07. The molecule has 6 heteroatoms. The summed E-state index contributed by atoms with van der Waals surface area (Å²) in [6, 6.07) is 7.56. The van der Waals surface area contributed by atoms with E-state index in [0.717, 1.165) is 36.9 Å². The fraction of sp³-hybridized carbons (Fsp3) is 0.421. The number of aryl methyl sites for hydroxylation is 2. The van der Waals surface area contributed by atoms with E-state index in [0.29, 0.717) is 10.4 Å². The number of rotatable bonds is 4. The summed E-state index contributed by atoms with van der Waals surface area (Å²) in [7, 11) is 0. The van der Waals surface area contributed by atoms with Crippen LogP contribution in [0.4, 0.5) is 4.79 Å². The third-order valence-corrected chi connectivity index (χ3v) is 5.47. The van der Waals surface area contributed by atoms with Gasteiger partial charge in [0, 0.05) is 16.1 Å². The van der Waals surface area contributed by atoms with Crippen LogP contribution < -0.4 is 4.80 Å². The molecule has 25 heavy (non-hydrogen) atoms. The molecule has 0 fully saturated rings. The molecule has 132 valence electrons. The second-order valence-corrected chi connectivity index (χ2v) is 7.21. The van der Waals surface area contributed by atoms with Crippen LogP contribution in [-0.2, 0) is 24.1 Å². The lowest BCUT2D eigenvalue weighted by Gasteiger charge is -2.14. The van der Waals surface area contributed by atoms with Gasteiger partial charge in [-0.25, -0.2) is 4.79 Å². The van der Waals surface area contributed by atoms with Crippen molar-refractivity contribution in [1.82, 2.24) is 4.57 Å². The Morgan fingerprint density at radius 1 is 1.20 bits per heavy atom. The van der Waals surface area contributed by atoms with Crippen LogP contribution in [0.25, 0.3) is 0 Å². The average Bonchev–Trinajstić information content (AvgIpc) is 2.93. The van der Waals surface area contributed by atoms with E-state index >= 15 is 0 Å². The minimum absolute atomic E-state index is 0.0245. The maximum atomic E-state index is 12.7. The molecular weight excluding hydrogens is 336 g/mol. The van der Waals surface area contributed by atoms with Gasteiger partial charge in [-0.2, -0.15) is 0 Å². The number of aromatic nitrogens is 1. The first-order valence-electron chi connectivity index (χ1n) is 8.61. The molecule has 1 amide bonds. The monoisotopic (exact) mass is 358 g/mol. The Balaban J connectivity index is 1.96. The molecule has 5 nitrogen and oxygen atoms in total. The minimum atomic E-state index is -0.599. The lowest BCUT2D eigenvalue weighted by atomic mass is 10.0. The third-order valence-electron chi connectivity index (χ3n) is 4.29. The number of hydrogen-bond donors (Lipinski definition) is 0. The van der Waals surface area contributed by atoms with Gasteiger partial charge in [-0.1, -0.05) is 29.8 Å². The molecule has 1 aromatic carbocycles. The van der Waals surface area contributed by atoms with E-state index in [1.165, 1.54) is 16.2 Å². The number of amides is 1. The number of nitrogens with zero attached hydrogens (tertiary/aromatic N) is 2. The van der Waals surface area contributed by atoms with Crippen molar-refractivity contribution in [2.45, 2.75) is 46.1 Å². The summed E-state index contributed by atoms with van der Waals surface area (Å²) in [5.74, 6) is 0.0245. The van der Waals surface area contributed by atoms with Crippen LogP contribution in [0.15, 0.2) is 29.3 Å². The lowest BCUT2D eigenvalue weighted by molar-refractivity contribution is 0.0969. The summed E-state index contributed by atoms with van der Waals surface area (Å²) < 4.78 is 6.84. The van der Waals surface area contributed by atoms with Crippen molar-refractivity contribution in [1.29, 1.82) is 0 Å². The largest absolute Gasteiger partial charge is 0.448 e. The van der Waals surface area contributed by atoms with Gasteiger partial charge < -0.3 is 9.30 Å². The molecule has 0 unspecified atom stereocenters. The Hall–Kier alpha value is -2.21. The van der Waals surface area contributed by atoms with Gasteiger partial charge in [0.05, 0.1) is 13.2 Å². The Morgan fingerprint density at radius 3 is 2.64 bits per heavy atom. The highest BCUT2D eigenvalue weighted by Crippen LogP contribution is 2.24. The molecule has 1 heterocycles. The lowest BCUT2D eigenvalue weighted by Crippen LogP contribution is -2.24. The van der Waals surface area contributed by atoms with Crippen molar-refractivity contribution in [2.24, 2.45) is 4.99 Å². The zero-order valence-corrected chi connectivity index (χ0v) is 15.4. The van der Waals surface area contributed by atoms with Crippen LogP contribution in [0.5, 0.6) is 0 Å². The summed E-state index contributed by atoms with van der Waals surface area (Å²) in [4.78, 5) is 30.4. The summed E-state index contributed by atoms with van der Waals surface area (Å²) in [5, 5.41) is 0. The van der Waals surface area contributed by atoms with Gasteiger partial charge in [-0.15, -0.1) is 16.3 Å². The molecule has 1 aliphatic carbocycles. The highest BCUT2D eigenvalue weighted by atomic mass is 32.1. The highest BCUT2D eigenvalue weighted by molar-refractivity contribution is 7.09. The van der Waals surface area contributed by atoms with Gasteiger partial charge in [-0.05, 0) is 39.5 Å². The van der Waals surface area contributed by atoms with Crippen molar-refractivity contribution in [2.75, 3.05) is 6.61 Å². The van der Waals surface area contributed by atoms with E-state index in [9.17, 15) is 9.59 Å². The van der Waals surface area contributed by atoms with Gasteiger partial charge in [0.2, 0.25) is 0 Å². The molecule has 1 aromatic heterocycles. The second kappa shape index (κ2) is 7.78. The number of Topliss-reactive ketones (excluding diaryl/α,β-unsaturated/α-hetero) is 1. The molecule has 2 aromatic rings. The number of carbonyl (C=O) groups excluding carboxylic acids is 2. The van der Waals surface area contributed by atoms with E-state index in [-0.39, 0.29) is 18.9 Å². The molecule has 0 saturated heterocycles. The van der Waals surface area contributed by atoms with Crippen molar-refractivity contribution < 1.29 is 14.3 Å². The minimum Gasteiger partial charge on any atom is -0.448 e. The van der Waals surface area contributed by atoms with Crippen LogP contribution in [0, 0.1) is 6.92 Å². The van der Waals surface area contributed by atoms with E-state index in [2.05, 4.69) is 4.99 Å². The normalized spacial score (nSPS) is 14.2. The molecule has 0 saturated carbocycles. The number of carbonyl (C=O) groups is 2. The molecule has 3 rings (SSSR count). The van der Waals surface area contributed by atoms with Crippen molar-refractivity contribution in [3.63, 3.8) is 0 Å². The Bertz CT molecular complexity index is 847. The number of ketones is 1. The number of ether oxygens (including phenoxy) is 1. The van der Waals surface area contributed by atoms with Crippen molar-refractivity contribution in [3.8, 4) is 0 Å². The van der Waals surface area contributed by atoms with Gasteiger partial charge in [0.15, 0.2) is 10.6 Å². The van der Waals surface area contributed by atoms with Crippen LogP contribution >= 0.6 is 11.3 Å². The summed E-state index contributed by atoms with van der Waals surface area (Å²) >= 11 is 1.50. The highest BCUT2D eigenvalue weighted by Gasteiger charge is 2.20. The van der Waals surface area contributed by atoms with Crippen molar-refractivity contribution in [3.05, 3.63) is 50.8 Å². The number of thiazole rings is 1. The molecule has 0 spiro atoms. The Kier molecular flexibility index (Phi) is 5.48. The van der Waals surface area contributed by atoms with Gasteiger partial charge in [0.1, 0.15) is 0 Å². The van der Waals surface area contributed by atoms with Crippen molar-refractivity contribution >= 4 is 23.2 Å². The molecule has 1 aliphatic rings. The number of fused-ring (bicyclic) bond motifs is 1. The van der Waals surface area contributed by atoms with Gasteiger partial charge in [-0.3, -0.25) is 4.79 Å². The first kappa shape index (κ1) is 17.6. The Labute approximate surface area is 151 Å². The van der Waals surface area contributed by atoms with Gasteiger partial charge in [0.25, 0.3) is 0 Å². The van der Waals surface area contributed by atoms with E-state index in [1.54, 1.807) is 6.92 Å². The summed E-state index contributed by atoms with van der Waals surface area (Å²) in [5.41, 5.74) is 2.94. The topological polar surface area (TPSA) is 60.7 Å². The summed E-state index contributed by atoms with van der Waals surface area (Å²) in [6.07, 6.45) is 3.54. The fourth-order valence-corrected chi connectivity index (χ4v) is 4.19. The van der Waals surface area contributed by atoms with Crippen LogP contribution in [-0.4, -0.2) is 23.1 Å².